The number of nitrogens with two attached hydrogens (primary N) is 1. The van der Waals surface area contributed by atoms with Crippen LogP contribution in [0.4, 0.5) is 10.2 Å². The molecule has 1 heterocycles. The molecule has 0 aliphatic carbocycles. The van der Waals surface area contributed by atoms with Gasteiger partial charge in [-0.15, -0.1) is 5.54 Å². The van der Waals surface area contributed by atoms with E-state index in [0.29, 0.717) is 28.0 Å². The highest BCUT2D eigenvalue weighted by Crippen LogP contribution is 2.41. The molecular formula is C20H27FN2Si. The van der Waals surface area contributed by atoms with E-state index in [1.807, 2.05) is 0 Å². The molecule has 0 radical (unpaired) electrons. The maximum atomic E-state index is 14.5. The molecule has 0 saturated heterocycles. The summed E-state index contributed by atoms with van der Waals surface area (Å²) in [5.41, 5.74) is 11.3. The second-order valence-corrected chi connectivity index (χ2v) is 13.0. The molecule has 0 spiro atoms. The Morgan fingerprint density at radius 1 is 1.04 bits per heavy atom. The largest absolute Gasteiger partial charge is 0.384 e. The van der Waals surface area contributed by atoms with Gasteiger partial charge < -0.3 is 5.73 Å². The third-order valence-corrected chi connectivity index (χ3v) is 11.4. The second-order valence-electron chi connectivity index (χ2n) is 7.40. The van der Waals surface area contributed by atoms with Gasteiger partial charge in [-0.3, -0.25) is 0 Å². The van der Waals surface area contributed by atoms with Crippen molar-refractivity contribution in [2.75, 3.05) is 5.73 Å². The Morgan fingerprint density at radius 2 is 1.62 bits per heavy atom. The fourth-order valence-corrected chi connectivity index (χ4v) is 9.15. The number of anilines is 1. The highest BCUT2D eigenvalue weighted by atomic mass is 28.3. The van der Waals surface area contributed by atoms with Crippen LogP contribution in [0.3, 0.4) is 0 Å². The Morgan fingerprint density at radius 3 is 2.17 bits per heavy atom. The van der Waals surface area contributed by atoms with Gasteiger partial charge in [0.2, 0.25) is 0 Å². The number of aromatic nitrogens is 1. The van der Waals surface area contributed by atoms with Crippen LogP contribution in [0.15, 0.2) is 24.4 Å². The van der Waals surface area contributed by atoms with Crippen molar-refractivity contribution in [3.8, 4) is 11.5 Å². The van der Waals surface area contributed by atoms with Gasteiger partial charge in [-0.25, -0.2) is 9.37 Å². The Hall–Kier alpha value is -1.86. The van der Waals surface area contributed by atoms with Crippen molar-refractivity contribution in [2.24, 2.45) is 0 Å². The fourth-order valence-electron chi connectivity index (χ4n) is 3.94. The molecule has 0 unspecified atom stereocenters. The summed E-state index contributed by atoms with van der Waals surface area (Å²) in [4.78, 5) is 4.11. The van der Waals surface area contributed by atoms with Crippen LogP contribution in [0.1, 0.15) is 47.1 Å². The summed E-state index contributed by atoms with van der Waals surface area (Å²) in [6.07, 6.45) is 1.63. The minimum Gasteiger partial charge on any atom is -0.384 e. The van der Waals surface area contributed by atoms with Crippen LogP contribution in [-0.4, -0.2) is 13.1 Å². The predicted octanol–water partition coefficient (Wildman–Crippen LogP) is 5.53. The van der Waals surface area contributed by atoms with Gasteiger partial charge in [0.15, 0.2) is 0 Å². The van der Waals surface area contributed by atoms with E-state index in [2.05, 4.69) is 58.0 Å². The van der Waals surface area contributed by atoms with Gasteiger partial charge in [-0.1, -0.05) is 53.5 Å². The average molecular weight is 343 g/mol. The Labute approximate surface area is 145 Å². The van der Waals surface area contributed by atoms with E-state index in [0.717, 1.165) is 10.8 Å². The molecule has 2 N–H and O–H groups in total. The smallest absolute Gasteiger partial charge is 0.146 e. The van der Waals surface area contributed by atoms with Gasteiger partial charge >= 0.3 is 0 Å². The summed E-state index contributed by atoms with van der Waals surface area (Å²) in [7, 11) is -1.90. The zero-order valence-corrected chi connectivity index (χ0v) is 16.4. The topological polar surface area (TPSA) is 38.9 Å². The molecule has 0 atom stereocenters. The highest BCUT2D eigenvalue weighted by Gasteiger charge is 2.41. The van der Waals surface area contributed by atoms with E-state index in [-0.39, 0.29) is 5.82 Å². The van der Waals surface area contributed by atoms with Crippen molar-refractivity contribution in [3.63, 3.8) is 0 Å². The van der Waals surface area contributed by atoms with E-state index in [9.17, 15) is 4.39 Å². The first-order chi connectivity index (χ1) is 11.2. The van der Waals surface area contributed by atoms with E-state index in [1.54, 1.807) is 18.3 Å². The van der Waals surface area contributed by atoms with Crippen LogP contribution in [0.2, 0.25) is 16.6 Å². The molecule has 1 aromatic heterocycles. The van der Waals surface area contributed by atoms with Gasteiger partial charge in [0, 0.05) is 11.6 Å². The molecular weight excluding hydrogens is 315 g/mol. The molecule has 24 heavy (non-hydrogen) atoms. The molecule has 2 rings (SSSR count). The zero-order chi connectivity index (χ0) is 18.1. The Balaban J connectivity index is 2.69. The first kappa shape index (κ1) is 18.5. The summed E-state index contributed by atoms with van der Waals surface area (Å²) in [6.45, 7) is 13.5. The van der Waals surface area contributed by atoms with Gasteiger partial charge in [0.25, 0.3) is 0 Å². The molecule has 4 heteroatoms. The molecule has 0 aliphatic rings. The summed E-state index contributed by atoms with van der Waals surface area (Å²) in [6, 6.07) is 4.96. The molecule has 2 nitrogen and oxygen atoms in total. The number of pyridine rings is 1. The van der Waals surface area contributed by atoms with Gasteiger partial charge in [0.05, 0.1) is 5.56 Å². The third kappa shape index (κ3) is 3.18. The monoisotopic (exact) mass is 342 g/mol. The molecule has 0 amide bonds. The molecule has 0 saturated carbocycles. The highest BCUT2D eigenvalue weighted by molar-refractivity contribution is 6.90. The number of nitrogen functional groups attached to an aromatic ring is 1. The first-order valence-corrected chi connectivity index (χ1v) is 10.8. The molecule has 1 aromatic carbocycles. The number of benzene rings is 1. The fraction of sp³-hybridized carbons (Fsp3) is 0.450. The van der Waals surface area contributed by atoms with Crippen LogP contribution < -0.4 is 5.73 Å². The molecule has 0 aliphatic heterocycles. The van der Waals surface area contributed by atoms with Gasteiger partial charge in [0.1, 0.15) is 19.7 Å². The quantitative estimate of drug-likeness (QED) is 0.589. The van der Waals surface area contributed by atoms with E-state index >= 15 is 0 Å². The Bertz CT molecular complexity index is 779. The number of halogens is 1. The van der Waals surface area contributed by atoms with Crippen LogP contribution in [0.25, 0.3) is 10.8 Å². The van der Waals surface area contributed by atoms with Crippen LogP contribution in [0.5, 0.6) is 0 Å². The van der Waals surface area contributed by atoms with E-state index in [4.69, 9.17) is 5.73 Å². The minimum atomic E-state index is -1.90. The normalized spacial score (nSPS) is 12.1. The van der Waals surface area contributed by atoms with Gasteiger partial charge in [-0.05, 0) is 34.1 Å². The third-order valence-electron chi connectivity index (χ3n) is 5.14. The van der Waals surface area contributed by atoms with E-state index in [1.165, 1.54) is 6.07 Å². The zero-order valence-electron chi connectivity index (χ0n) is 15.4. The van der Waals surface area contributed by atoms with Crippen molar-refractivity contribution in [3.05, 3.63) is 35.8 Å². The minimum absolute atomic E-state index is 0.291. The number of rotatable bonds is 3. The lowest BCUT2D eigenvalue weighted by Gasteiger charge is -2.38. The van der Waals surface area contributed by atoms with Crippen molar-refractivity contribution in [1.82, 2.24) is 4.98 Å². The molecule has 128 valence electrons. The predicted molar refractivity (Wildman–Crippen MR) is 104 cm³/mol. The molecule has 0 bridgehead atoms. The molecule has 0 fully saturated rings. The lowest BCUT2D eigenvalue weighted by molar-refractivity contribution is 0.626. The lowest BCUT2D eigenvalue weighted by Crippen LogP contribution is -2.43. The summed E-state index contributed by atoms with van der Waals surface area (Å²) in [5, 5.41) is 1.61. The number of fused-ring (bicyclic) bond motifs is 1. The van der Waals surface area contributed by atoms with Crippen LogP contribution in [0, 0.1) is 17.3 Å². The average Bonchev–Trinajstić information content (AvgIpc) is 2.48. The van der Waals surface area contributed by atoms with Gasteiger partial charge in [-0.2, -0.15) is 0 Å². The molecule has 2 aromatic rings. The number of hydrogen-bond donors (Lipinski definition) is 1. The first-order valence-electron chi connectivity index (χ1n) is 8.57. The van der Waals surface area contributed by atoms with Crippen molar-refractivity contribution >= 4 is 24.7 Å². The van der Waals surface area contributed by atoms with Crippen molar-refractivity contribution in [2.45, 2.75) is 58.2 Å². The number of hydrogen-bond acceptors (Lipinski definition) is 2. The lowest BCUT2D eigenvalue weighted by atomic mass is 10.1. The van der Waals surface area contributed by atoms with Crippen LogP contribution in [-0.2, 0) is 0 Å². The second kappa shape index (κ2) is 6.94. The number of nitrogens with zero attached hydrogens (tertiary/aromatic N) is 1. The van der Waals surface area contributed by atoms with E-state index < -0.39 is 8.07 Å². The SMILES string of the molecule is CC(C)[Si](C#Cc1c(F)ccc2cc(N)ncc12)(C(C)C)C(C)C. The Kier molecular flexibility index (Phi) is 5.34. The summed E-state index contributed by atoms with van der Waals surface area (Å²) in [5.74, 6) is 3.36. The van der Waals surface area contributed by atoms with Crippen molar-refractivity contribution < 1.29 is 4.39 Å². The maximum absolute atomic E-state index is 14.5. The standard InChI is InChI=1S/C20H27FN2Si/c1-13(2)24(14(3)4,15(5)6)10-9-17-18-12-23-20(22)11-16(18)7-8-19(17)21/h7-8,11-15H,1-6H3,(H2,22,23). The summed E-state index contributed by atoms with van der Waals surface area (Å²) >= 11 is 0. The van der Waals surface area contributed by atoms with Crippen molar-refractivity contribution in [1.29, 1.82) is 0 Å². The summed E-state index contributed by atoms with van der Waals surface area (Å²) < 4.78 is 14.5. The van der Waals surface area contributed by atoms with Crippen LogP contribution >= 0.6 is 0 Å². The maximum Gasteiger partial charge on any atom is 0.146 e.